The maximum absolute atomic E-state index is 4.60. The lowest BCUT2D eigenvalue weighted by atomic mass is 10.1. The Morgan fingerprint density at radius 3 is 2.68 bits per heavy atom. The van der Waals surface area contributed by atoms with Crippen molar-refractivity contribution in [3.05, 3.63) is 52.8 Å². The van der Waals surface area contributed by atoms with Crippen molar-refractivity contribution in [3.63, 3.8) is 0 Å². The molecule has 1 aromatic carbocycles. The molecule has 0 aliphatic carbocycles. The Hall–Kier alpha value is -1.61. The summed E-state index contributed by atoms with van der Waals surface area (Å²) in [6, 6.07) is 8.48. The van der Waals surface area contributed by atoms with Gasteiger partial charge in [-0.1, -0.05) is 31.2 Å². The van der Waals surface area contributed by atoms with Gasteiger partial charge in [-0.05, 0) is 37.9 Å². The number of nitrogens with zero attached hydrogens (tertiary/aromatic N) is 2. The minimum absolute atomic E-state index is 0.849. The first-order chi connectivity index (χ1) is 9.20. The summed E-state index contributed by atoms with van der Waals surface area (Å²) in [5.74, 6) is 0. The van der Waals surface area contributed by atoms with E-state index in [0.717, 1.165) is 31.7 Å². The van der Waals surface area contributed by atoms with E-state index >= 15 is 0 Å². The van der Waals surface area contributed by atoms with Crippen molar-refractivity contribution in [2.75, 3.05) is 6.54 Å². The average Bonchev–Trinajstić information content (AvgIpc) is 2.73. The van der Waals surface area contributed by atoms with Gasteiger partial charge in [-0.3, -0.25) is 4.68 Å². The normalized spacial score (nSPS) is 10.9. The van der Waals surface area contributed by atoms with Gasteiger partial charge in [0, 0.05) is 18.3 Å². The molecular weight excluding hydrogens is 234 g/mol. The number of aromatic nitrogens is 2. The Morgan fingerprint density at radius 2 is 1.95 bits per heavy atom. The molecule has 0 bridgehead atoms. The maximum Gasteiger partial charge on any atom is 0.0662 e. The summed E-state index contributed by atoms with van der Waals surface area (Å²) in [5.41, 5.74) is 5.07. The quantitative estimate of drug-likeness (QED) is 0.806. The Balaban J connectivity index is 2.06. The van der Waals surface area contributed by atoms with Gasteiger partial charge >= 0.3 is 0 Å². The van der Waals surface area contributed by atoms with Crippen LogP contribution in [0.1, 0.15) is 35.7 Å². The van der Waals surface area contributed by atoms with E-state index in [1.807, 2.05) is 4.68 Å². The summed E-state index contributed by atoms with van der Waals surface area (Å²) in [6.07, 6.45) is 3.32. The van der Waals surface area contributed by atoms with E-state index in [1.165, 1.54) is 16.7 Å². The Bertz CT molecular complexity index is 529. The number of hydrogen-bond acceptors (Lipinski definition) is 2. The van der Waals surface area contributed by atoms with Crippen molar-refractivity contribution in [1.29, 1.82) is 0 Å². The smallest absolute Gasteiger partial charge is 0.0662 e. The van der Waals surface area contributed by atoms with Gasteiger partial charge in [0.05, 0.1) is 12.2 Å². The monoisotopic (exact) mass is 257 g/mol. The molecule has 2 aromatic rings. The van der Waals surface area contributed by atoms with Crippen molar-refractivity contribution in [2.45, 2.75) is 40.3 Å². The zero-order valence-electron chi connectivity index (χ0n) is 12.1. The molecule has 0 radical (unpaired) electrons. The Kier molecular flexibility index (Phi) is 4.74. The molecule has 1 heterocycles. The number of benzene rings is 1. The molecule has 102 valence electrons. The highest BCUT2D eigenvalue weighted by Crippen LogP contribution is 2.11. The van der Waals surface area contributed by atoms with Crippen molar-refractivity contribution in [2.24, 2.45) is 0 Å². The predicted octanol–water partition coefficient (Wildman–Crippen LogP) is 3.05. The zero-order valence-corrected chi connectivity index (χ0v) is 12.1. The first-order valence-corrected chi connectivity index (χ1v) is 6.99. The summed E-state index contributed by atoms with van der Waals surface area (Å²) in [6.45, 7) is 9.23. The minimum atomic E-state index is 0.849. The van der Waals surface area contributed by atoms with Crippen LogP contribution >= 0.6 is 0 Å². The third kappa shape index (κ3) is 3.67. The van der Waals surface area contributed by atoms with Gasteiger partial charge in [0.2, 0.25) is 0 Å². The van der Waals surface area contributed by atoms with Gasteiger partial charge < -0.3 is 5.32 Å². The van der Waals surface area contributed by atoms with Crippen molar-refractivity contribution in [3.8, 4) is 0 Å². The van der Waals surface area contributed by atoms with Crippen LogP contribution in [0.5, 0.6) is 0 Å². The molecule has 0 aliphatic heterocycles. The number of nitrogens with one attached hydrogen (secondary N) is 1. The molecule has 2 rings (SSSR count). The standard InChI is InChI=1S/C16H23N3/c1-4-9-17-10-16-12-19(18-14(16)3)11-15-8-6-5-7-13(15)2/h5-8,12,17H,4,9-11H2,1-3H3. The zero-order chi connectivity index (χ0) is 13.7. The van der Waals surface area contributed by atoms with Crippen LogP contribution in [0.15, 0.2) is 30.5 Å². The lowest BCUT2D eigenvalue weighted by Crippen LogP contribution is -2.13. The third-order valence-corrected chi connectivity index (χ3v) is 3.38. The van der Waals surface area contributed by atoms with Gasteiger partial charge in [0.25, 0.3) is 0 Å². The average molecular weight is 257 g/mol. The van der Waals surface area contributed by atoms with Gasteiger partial charge in [-0.25, -0.2) is 0 Å². The molecule has 1 aromatic heterocycles. The van der Waals surface area contributed by atoms with E-state index in [0.29, 0.717) is 0 Å². The minimum Gasteiger partial charge on any atom is -0.313 e. The second-order valence-electron chi connectivity index (χ2n) is 5.04. The molecule has 1 N–H and O–H groups in total. The molecule has 0 spiro atoms. The Labute approximate surface area is 115 Å². The molecule has 3 nitrogen and oxygen atoms in total. The van der Waals surface area contributed by atoms with Crippen LogP contribution in [-0.4, -0.2) is 16.3 Å². The fourth-order valence-corrected chi connectivity index (χ4v) is 2.18. The highest BCUT2D eigenvalue weighted by atomic mass is 15.3. The van der Waals surface area contributed by atoms with Crippen LogP contribution in [0.25, 0.3) is 0 Å². The van der Waals surface area contributed by atoms with E-state index < -0.39 is 0 Å². The molecule has 3 heteroatoms. The maximum atomic E-state index is 4.60. The van der Waals surface area contributed by atoms with Crippen LogP contribution in [0.2, 0.25) is 0 Å². The fraction of sp³-hybridized carbons (Fsp3) is 0.438. The number of hydrogen-bond donors (Lipinski definition) is 1. The van der Waals surface area contributed by atoms with Gasteiger partial charge in [-0.2, -0.15) is 5.10 Å². The van der Waals surface area contributed by atoms with Gasteiger partial charge in [-0.15, -0.1) is 0 Å². The van der Waals surface area contributed by atoms with E-state index in [9.17, 15) is 0 Å². The van der Waals surface area contributed by atoms with Crippen LogP contribution in [0.3, 0.4) is 0 Å². The van der Waals surface area contributed by atoms with Crippen LogP contribution in [0.4, 0.5) is 0 Å². The molecule has 0 saturated heterocycles. The van der Waals surface area contributed by atoms with E-state index in [-0.39, 0.29) is 0 Å². The van der Waals surface area contributed by atoms with E-state index in [2.05, 4.69) is 61.6 Å². The highest BCUT2D eigenvalue weighted by molar-refractivity contribution is 5.26. The Morgan fingerprint density at radius 1 is 1.16 bits per heavy atom. The fourth-order valence-electron chi connectivity index (χ4n) is 2.18. The second-order valence-corrected chi connectivity index (χ2v) is 5.04. The van der Waals surface area contributed by atoms with Gasteiger partial charge in [0.15, 0.2) is 0 Å². The van der Waals surface area contributed by atoms with Crippen molar-refractivity contribution >= 4 is 0 Å². The van der Waals surface area contributed by atoms with E-state index in [4.69, 9.17) is 0 Å². The number of aryl methyl sites for hydroxylation is 2. The molecular formula is C16H23N3. The summed E-state index contributed by atoms with van der Waals surface area (Å²) in [7, 11) is 0. The molecule has 0 saturated carbocycles. The summed E-state index contributed by atoms with van der Waals surface area (Å²) < 4.78 is 2.04. The van der Waals surface area contributed by atoms with Crippen molar-refractivity contribution < 1.29 is 0 Å². The topological polar surface area (TPSA) is 29.9 Å². The molecule has 0 atom stereocenters. The lowest BCUT2D eigenvalue weighted by Gasteiger charge is -2.05. The first-order valence-electron chi connectivity index (χ1n) is 6.99. The summed E-state index contributed by atoms with van der Waals surface area (Å²) in [4.78, 5) is 0. The molecule has 0 unspecified atom stereocenters. The first kappa shape index (κ1) is 13.8. The largest absolute Gasteiger partial charge is 0.313 e. The van der Waals surface area contributed by atoms with Gasteiger partial charge in [0.1, 0.15) is 0 Å². The van der Waals surface area contributed by atoms with Crippen LogP contribution < -0.4 is 5.32 Å². The molecule has 19 heavy (non-hydrogen) atoms. The molecule has 0 aliphatic rings. The lowest BCUT2D eigenvalue weighted by molar-refractivity contribution is 0.667. The highest BCUT2D eigenvalue weighted by Gasteiger charge is 2.05. The molecule has 0 fully saturated rings. The SMILES string of the molecule is CCCNCc1cn(Cc2ccccc2C)nc1C. The van der Waals surface area contributed by atoms with E-state index in [1.54, 1.807) is 0 Å². The second kappa shape index (κ2) is 6.53. The van der Waals surface area contributed by atoms with Crippen LogP contribution in [-0.2, 0) is 13.1 Å². The summed E-state index contributed by atoms with van der Waals surface area (Å²) in [5, 5.41) is 8.03. The summed E-state index contributed by atoms with van der Waals surface area (Å²) >= 11 is 0. The number of rotatable bonds is 6. The predicted molar refractivity (Wildman–Crippen MR) is 79.2 cm³/mol. The molecule has 0 amide bonds. The third-order valence-electron chi connectivity index (χ3n) is 3.38. The van der Waals surface area contributed by atoms with Crippen molar-refractivity contribution in [1.82, 2.24) is 15.1 Å². The van der Waals surface area contributed by atoms with Crippen LogP contribution in [0, 0.1) is 13.8 Å².